The first kappa shape index (κ1) is 33.7. The molecule has 0 rings (SSSR count). The number of hydrogen-bond donors (Lipinski definition) is 1. The van der Waals surface area contributed by atoms with E-state index < -0.39 is 15.4 Å². The summed E-state index contributed by atoms with van der Waals surface area (Å²) >= 11 is 0. The summed E-state index contributed by atoms with van der Waals surface area (Å²) in [6.45, 7) is 4.10. The smallest absolute Gasteiger partial charge is 0.748 e. The van der Waals surface area contributed by atoms with Crippen LogP contribution in [0.2, 0.25) is 0 Å². The van der Waals surface area contributed by atoms with Crippen LogP contribution in [-0.4, -0.2) is 29.4 Å². The average Bonchev–Trinajstić information content (AvgIpc) is 2.67. The Morgan fingerprint density at radius 1 is 0.600 bits per heavy atom. The summed E-state index contributed by atoms with van der Waals surface area (Å²) in [5, 5.41) is 9.14. The predicted octanol–water partition coefficient (Wildman–Crippen LogP) is 4.11. The van der Waals surface area contributed by atoms with Crippen LogP contribution in [-0.2, 0) is 10.1 Å². The van der Waals surface area contributed by atoms with Crippen LogP contribution in [0.3, 0.4) is 0 Å². The van der Waals surface area contributed by atoms with E-state index in [4.69, 9.17) is 0 Å². The molecule has 30 heavy (non-hydrogen) atoms. The van der Waals surface area contributed by atoms with E-state index in [2.05, 4.69) is 6.92 Å². The van der Waals surface area contributed by atoms with E-state index in [1.807, 2.05) is 6.92 Å². The minimum Gasteiger partial charge on any atom is -0.748 e. The third kappa shape index (κ3) is 22.7. The van der Waals surface area contributed by atoms with Gasteiger partial charge in [-0.25, -0.2) is 8.42 Å². The molecule has 0 heterocycles. The molecular formula is C24H49KO4S. The molecule has 2 unspecified atom stereocenters. The first-order valence-corrected chi connectivity index (χ1v) is 14.0. The van der Waals surface area contributed by atoms with Gasteiger partial charge in [0.05, 0.1) is 16.2 Å². The van der Waals surface area contributed by atoms with Crippen molar-refractivity contribution in [2.45, 2.75) is 154 Å². The molecule has 0 saturated heterocycles. The second-order valence-corrected chi connectivity index (χ2v) is 10.5. The Morgan fingerprint density at radius 3 is 1.33 bits per heavy atom. The number of hydrogen-bond acceptors (Lipinski definition) is 4. The van der Waals surface area contributed by atoms with Gasteiger partial charge in [-0.05, 0) is 25.7 Å². The van der Waals surface area contributed by atoms with Crippen LogP contribution in [0.4, 0.5) is 0 Å². The third-order valence-electron chi connectivity index (χ3n) is 5.97. The molecule has 0 amide bonds. The predicted molar refractivity (Wildman–Crippen MR) is 123 cm³/mol. The summed E-state index contributed by atoms with van der Waals surface area (Å²) in [5.74, 6) is 0. The van der Waals surface area contributed by atoms with Crippen molar-refractivity contribution in [3.05, 3.63) is 0 Å². The summed E-state index contributed by atoms with van der Waals surface area (Å²) in [5.41, 5.74) is 0. The average molecular weight is 473 g/mol. The molecule has 1 N–H and O–H groups in total. The first-order chi connectivity index (χ1) is 13.9. The van der Waals surface area contributed by atoms with E-state index in [9.17, 15) is 18.1 Å². The summed E-state index contributed by atoms with van der Waals surface area (Å²) in [6, 6.07) is 0. The molecule has 0 bridgehead atoms. The van der Waals surface area contributed by atoms with Gasteiger partial charge in [-0.3, -0.25) is 0 Å². The van der Waals surface area contributed by atoms with Gasteiger partial charge in [0.15, 0.2) is 0 Å². The van der Waals surface area contributed by atoms with Crippen LogP contribution in [0.1, 0.15) is 142 Å². The minimum atomic E-state index is -4.11. The molecule has 0 aromatic carbocycles. The SMILES string of the molecule is CCCCC(O)CCCCCCCCCCCCCCCC(CCC)S(=O)(=O)[O-].[K+]. The van der Waals surface area contributed by atoms with Crippen LogP contribution in [0, 0.1) is 0 Å². The van der Waals surface area contributed by atoms with Crippen molar-refractivity contribution in [1.82, 2.24) is 0 Å². The molecule has 0 aromatic rings. The van der Waals surface area contributed by atoms with E-state index in [1.54, 1.807) is 0 Å². The maximum absolute atomic E-state index is 11.2. The van der Waals surface area contributed by atoms with E-state index in [0.717, 1.165) is 44.9 Å². The maximum Gasteiger partial charge on any atom is 1.00 e. The number of aliphatic hydroxyl groups is 1. The van der Waals surface area contributed by atoms with Gasteiger partial charge in [0, 0.05) is 5.25 Å². The number of aliphatic hydroxyl groups excluding tert-OH is 1. The fourth-order valence-corrected chi connectivity index (χ4v) is 5.02. The van der Waals surface area contributed by atoms with E-state index in [1.165, 1.54) is 70.6 Å². The van der Waals surface area contributed by atoms with E-state index >= 15 is 0 Å². The summed E-state index contributed by atoms with van der Waals surface area (Å²) < 4.78 is 33.5. The second kappa shape index (κ2) is 23.7. The molecule has 2 atom stereocenters. The zero-order valence-corrected chi connectivity index (χ0v) is 24.3. The molecule has 0 radical (unpaired) electrons. The Hall–Kier alpha value is 1.51. The van der Waals surface area contributed by atoms with Gasteiger partial charge >= 0.3 is 51.4 Å². The largest absolute Gasteiger partial charge is 1.00 e. The van der Waals surface area contributed by atoms with Gasteiger partial charge in [-0.1, -0.05) is 117 Å². The molecule has 0 aliphatic rings. The van der Waals surface area contributed by atoms with Crippen molar-refractivity contribution < 1.29 is 69.5 Å². The van der Waals surface area contributed by atoms with Crippen molar-refractivity contribution in [3.63, 3.8) is 0 Å². The van der Waals surface area contributed by atoms with Crippen molar-refractivity contribution in [2.75, 3.05) is 0 Å². The van der Waals surface area contributed by atoms with Crippen molar-refractivity contribution in [1.29, 1.82) is 0 Å². The quantitative estimate of drug-likeness (QED) is 0.146. The summed E-state index contributed by atoms with van der Waals surface area (Å²) in [6.07, 6.45) is 21.9. The van der Waals surface area contributed by atoms with Crippen LogP contribution in [0.15, 0.2) is 0 Å². The molecule has 176 valence electrons. The Labute approximate surface area is 230 Å². The monoisotopic (exact) mass is 472 g/mol. The molecular weight excluding hydrogens is 423 g/mol. The van der Waals surface area contributed by atoms with Gasteiger partial charge in [0.25, 0.3) is 0 Å². The van der Waals surface area contributed by atoms with E-state index in [0.29, 0.717) is 12.8 Å². The summed E-state index contributed by atoms with van der Waals surface area (Å²) in [4.78, 5) is 0. The number of rotatable bonds is 22. The fourth-order valence-electron chi connectivity index (χ4n) is 4.04. The zero-order chi connectivity index (χ0) is 21.8. The Kier molecular flexibility index (Phi) is 26.6. The molecule has 6 heteroatoms. The molecule has 0 aliphatic carbocycles. The molecule has 0 aliphatic heterocycles. The summed E-state index contributed by atoms with van der Waals surface area (Å²) in [7, 11) is -4.11. The van der Waals surface area contributed by atoms with Crippen LogP contribution in [0.25, 0.3) is 0 Å². The van der Waals surface area contributed by atoms with Crippen LogP contribution < -0.4 is 51.4 Å². The van der Waals surface area contributed by atoms with Crippen LogP contribution in [0.5, 0.6) is 0 Å². The van der Waals surface area contributed by atoms with E-state index in [-0.39, 0.29) is 57.5 Å². The molecule has 0 aromatic heterocycles. The normalized spacial score (nSPS) is 13.7. The minimum absolute atomic E-state index is 0. The Balaban J connectivity index is 0. The topological polar surface area (TPSA) is 77.4 Å². The molecule has 0 fully saturated rings. The molecule has 0 saturated carbocycles. The third-order valence-corrected chi connectivity index (χ3v) is 7.26. The van der Waals surface area contributed by atoms with Gasteiger partial charge in [0.1, 0.15) is 0 Å². The van der Waals surface area contributed by atoms with Gasteiger partial charge < -0.3 is 9.66 Å². The molecule has 4 nitrogen and oxygen atoms in total. The standard InChI is InChI=1S/C24H50O4S.K/c1-3-5-20-23(25)21-17-15-13-11-9-7-6-8-10-12-14-16-18-22-24(19-4-2)29(26,27)28;/h23-25H,3-22H2,1-2H3,(H,26,27,28);/q;+1/p-1. The second-order valence-electron chi connectivity index (χ2n) is 8.87. The van der Waals surface area contributed by atoms with Crippen molar-refractivity contribution in [3.8, 4) is 0 Å². The van der Waals surface area contributed by atoms with Crippen molar-refractivity contribution >= 4 is 10.1 Å². The number of unbranched alkanes of at least 4 members (excludes halogenated alkanes) is 13. The zero-order valence-electron chi connectivity index (χ0n) is 20.4. The first-order valence-electron chi connectivity index (χ1n) is 12.5. The Bertz CT molecular complexity index is 442. The van der Waals surface area contributed by atoms with Gasteiger partial charge in [-0.2, -0.15) is 0 Å². The Morgan fingerprint density at radius 2 is 0.967 bits per heavy atom. The van der Waals surface area contributed by atoms with Gasteiger partial charge in [-0.15, -0.1) is 0 Å². The van der Waals surface area contributed by atoms with Crippen molar-refractivity contribution in [2.24, 2.45) is 0 Å². The fraction of sp³-hybridized carbons (Fsp3) is 1.00. The molecule has 0 spiro atoms. The maximum atomic E-state index is 11.2. The van der Waals surface area contributed by atoms with Gasteiger partial charge in [0.2, 0.25) is 0 Å². The van der Waals surface area contributed by atoms with Crippen LogP contribution >= 0.6 is 0 Å².